The van der Waals surface area contributed by atoms with E-state index in [-0.39, 0.29) is 0 Å². The van der Waals surface area contributed by atoms with Crippen molar-refractivity contribution in [2.45, 2.75) is 18.2 Å². The van der Waals surface area contributed by atoms with Crippen LogP contribution < -0.4 is 0 Å². The molecule has 100 valence electrons. The molecule has 18 heavy (non-hydrogen) atoms. The minimum absolute atomic E-state index is 0.641. The summed E-state index contributed by atoms with van der Waals surface area (Å²) in [5.74, 6) is -5.47. The van der Waals surface area contributed by atoms with Crippen LogP contribution in [0, 0.1) is 10.1 Å². The zero-order valence-corrected chi connectivity index (χ0v) is 8.49. The van der Waals surface area contributed by atoms with E-state index in [1.54, 1.807) is 0 Å². The lowest BCUT2D eigenvalue weighted by atomic mass is 10.0. The average molecular weight is 271 g/mol. The third kappa shape index (κ3) is 2.40. The summed E-state index contributed by atoms with van der Waals surface area (Å²) >= 11 is 0. The van der Waals surface area contributed by atoms with Crippen LogP contribution >= 0.6 is 0 Å². The molecule has 0 aromatic heterocycles. The van der Waals surface area contributed by atoms with Gasteiger partial charge in [-0.05, 0) is 6.07 Å². The van der Waals surface area contributed by atoms with Gasteiger partial charge in [-0.3, -0.25) is 10.1 Å². The van der Waals surface area contributed by atoms with Crippen molar-refractivity contribution in [1.82, 2.24) is 0 Å². The Morgan fingerprint density at radius 3 is 2.11 bits per heavy atom. The van der Waals surface area contributed by atoms with Crippen LogP contribution in [-0.2, 0) is 0 Å². The molecule has 1 rings (SSSR count). The first-order valence-corrected chi connectivity index (χ1v) is 4.45. The lowest BCUT2D eigenvalue weighted by molar-refractivity contribution is -0.387. The van der Waals surface area contributed by atoms with Gasteiger partial charge in [0.2, 0.25) is 0 Å². The van der Waals surface area contributed by atoms with Gasteiger partial charge in [-0.2, -0.15) is 22.0 Å². The van der Waals surface area contributed by atoms with Crippen molar-refractivity contribution in [3.8, 4) is 0 Å². The molecule has 0 heterocycles. The van der Waals surface area contributed by atoms with Gasteiger partial charge in [-0.1, -0.05) is 12.1 Å². The van der Waals surface area contributed by atoms with Gasteiger partial charge in [0.25, 0.3) is 5.69 Å². The fraction of sp³-hybridized carbons (Fsp3) is 0.333. The zero-order valence-electron chi connectivity index (χ0n) is 8.49. The first-order valence-electron chi connectivity index (χ1n) is 4.45. The predicted molar refractivity (Wildman–Crippen MR) is 49.1 cm³/mol. The number of benzene rings is 1. The highest BCUT2D eigenvalue weighted by molar-refractivity contribution is 5.42. The Kier molecular flexibility index (Phi) is 3.56. The van der Waals surface area contributed by atoms with Gasteiger partial charge in [-0.25, -0.2) is 0 Å². The van der Waals surface area contributed by atoms with Gasteiger partial charge in [-0.15, -0.1) is 0 Å². The van der Waals surface area contributed by atoms with Crippen LogP contribution in [0.4, 0.5) is 27.6 Å². The van der Waals surface area contributed by atoms with Gasteiger partial charge < -0.3 is 5.11 Å². The van der Waals surface area contributed by atoms with Crippen molar-refractivity contribution in [2.24, 2.45) is 0 Å². The van der Waals surface area contributed by atoms with Crippen LogP contribution in [0.5, 0.6) is 0 Å². The number of aliphatic hydroxyl groups excluding tert-OH is 1. The summed E-state index contributed by atoms with van der Waals surface area (Å²) in [6.45, 7) is 0. The fourth-order valence-electron chi connectivity index (χ4n) is 1.24. The summed E-state index contributed by atoms with van der Waals surface area (Å²) in [5.41, 5.74) is -2.10. The second kappa shape index (κ2) is 4.48. The molecular formula is C9H6F5NO3. The minimum atomic E-state index is -6.00. The van der Waals surface area contributed by atoms with Gasteiger partial charge in [0, 0.05) is 6.07 Å². The lowest BCUT2D eigenvalue weighted by Crippen LogP contribution is -2.42. The standard InChI is InChI=1S/C9H6F5NO3/c10-8(11,9(12,13)14)7(16)5-3-1-2-4-6(5)15(17)18/h1-4,7,16H. The van der Waals surface area contributed by atoms with Crippen molar-refractivity contribution >= 4 is 5.69 Å². The van der Waals surface area contributed by atoms with Crippen molar-refractivity contribution in [3.63, 3.8) is 0 Å². The zero-order chi connectivity index (χ0) is 14.1. The van der Waals surface area contributed by atoms with E-state index >= 15 is 0 Å². The Hall–Kier alpha value is -1.77. The van der Waals surface area contributed by atoms with Crippen LogP contribution in [0.2, 0.25) is 0 Å². The van der Waals surface area contributed by atoms with Crippen LogP contribution in [-0.4, -0.2) is 22.1 Å². The van der Waals surface area contributed by atoms with Gasteiger partial charge in [0.15, 0.2) is 6.10 Å². The number of nitro benzene ring substituents is 1. The van der Waals surface area contributed by atoms with Crippen LogP contribution in [0.1, 0.15) is 11.7 Å². The summed E-state index contributed by atoms with van der Waals surface area (Å²) in [5, 5.41) is 19.5. The summed E-state index contributed by atoms with van der Waals surface area (Å²) in [6.07, 6.45) is -9.34. The molecular weight excluding hydrogens is 265 g/mol. The highest BCUT2D eigenvalue weighted by atomic mass is 19.4. The molecule has 4 nitrogen and oxygen atoms in total. The summed E-state index contributed by atoms with van der Waals surface area (Å²) in [6, 6.07) is 3.46. The van der Waals surface area contributed by atoms with E-state index in [2.05, 4.69) is 0 Å². The molecule has 0 radical (unpaired) electrons. The van der Waals surface area contributed by atoms with Crippen LogP contribution in [0.25, 0.3) is 0 Å². The van der Waals surface area contributed by atoms with Crippen molar-refractivity contribution in [1.29, 1.82) is 0 Å². The number of nitrogens with zero attached hydrogens (tertiary/aromatic N) is 1. The number of para-hydroxylation sites is 1. The molecule has 0 saturated carbocycles. The number of alkyl halides is 5. The van der Waals surface area contributed by atoms with Crippen molar-refractivity contribution < 1.29 is 32.0 Å². The maximum absolute atomic E-state index is 12.9. The Morgan fingerprint density at radius 2 is 1.67 bits per heavy atom. The third-order valence-electron chi connectivity index (χ3n) is 2.15. The first-order chi connectivity index (χ1) is 8.09. The second-order valence-corrected chi connectivity index (χ2v) is 3.34. The lowest BCUT2D eigenvalue weighted by Gasteiger charge is -2.24. The SMILES string of the molecule is O=[N+]([O-])c1ccccc1C(O)C(F)(F)C(F)(F)F. The monoisotopic (exact) mass is 271 g/mol. The van der Waals surface area contributed by atoms with E-state index in [0.29, 0.717) is 6.07 Å². The van der Waals surface area contributed by atoms with Gasteiger partial charge in [0.05, 0.1) is 10.5 Å². The molecule has 9 heteroatoms. The highest BCUT2D eigenvalue weighted by Gasteiger charge is 2.63. The molecule has 0 aliphatic heterocycles. The molecule has 1 unspecified atom stereocenters. The largest absolute Gasteiger partial charge is 0.456 e. The highest BCUT2D eigenvalue weighted by Crippen LogP contribution is 2.46. The third-order valence-corrected chi connectivity index (χ3v) is 2.15. The van der Waals surface area contributed by atoms with E-state index in [1.807, 2.05) is 0 Å². The Bertz CT molecular complexity index is 460. The van der Waals surface area contributed by atoms with E-state index in [1.165, 1.54) is 0 Å². The summed E-state index contributed by atoms with van der Waals surface area (Å²) in [7, 11) is 0. The Morgan fingerprint density at radius 1 is 1.17 bits per heavy atom. The second-order valence-electron chi connectivity index (χ2n) is 3.34. The number of hydrogen-bond donors (Lipinski definition) is 1. The number of hydrogen-bond acceptors (Lipinski definition) is 3. The molecule has 1 aromatic carbocycles. The average Bonchev–Trinajstić information content (AvgIpc) is 2.26. The maximum Gasteiger partial charge on any atom is 0.456 e. The van der Waals surface area contributed by atoms with Crippen LogP contribution in [0.3, 0.4) is 0 Å². The molecule has 1 aromatic rings. The van der Waals surface area contributed by atoms with Crippen LogP contribution in [0.15, 0.2) is 24.3 Å². The first kappa shape index (κ1) is 14.3. The van der Waals surface area contributed by atoms with E-state index < -0.39 is 34.4 Å². The molecule has 0 aliphatic carbocycles. The number of rotatable bonds is 3. The Balaban J connectivity index is 3.27. The summed E-state index contributed by atoms with van der Waals surface area (Å²) < 4.78 is 61.8. The molecule has 0 fully saturated rings. The molecule has 0 aliphatic rings. The molecule has 0 saturated heterocycles. The topological polar surface area (TPSA) is 63.4 Å². The quantitative estimate of drug-likeness (QED) is 0.522. The van der Waals surface area contributed by atoms with E-state index in [9.17, 15) is 32.1 Å². The molecule has 0 bridgehead atoms. The smallest absolute Gasteiger partial charge is 0.381 e. The summed E-state index contributed by atoms with van der Waals surface area (Å²) in [4.78, 5) is 9.32. The normalized spacial score (nSPS) is 14.3. The Labute approximate surface area is 96.8 Å². The minimum Gasteiger partial charge on any atom is -0.381 e. The molecule has 0 amide bonds. The molecule has 0 spiro atoms. The van der Waals surface area contributed by atoms with Gasteiger partial charge >= 0.3 is 12.1 Å². The van der Waals surface area contributed by atoms with Crippen molar-refractivity contribution in [2.75, 3.05) is 0 Å². The number of halogens is 5. The molecule has 1 N–H and O–H groups in total. The number of nitro groups is 1. The van der Waals surface area contributed by atoms with E-state index in [4.69, 9.17) is 5.11 Å². The van der Waals surface area contributed by atoms with Gasteiger partial charge in [0.1, 0.15) is 0 Å². The maximum atomic E-state index is 12.9. The molecule has 1 atom stereocenters. The number of aliphatic hydroxyl groups is 1. The van der Waals surface area contributed by atoms with Crippen molar-refractivity contribution in [3.05, 3.63) is 39.9 Å². The van der Waals surface area contributed by atoms with E-state index in [0.717, 1.165) is 18.2 Å². The fourth-order valence-corrected chi connectivity index (χ4v) is 1.24. The predicted octanol–water partition coefficient (Wildman–Crippen LogP) is 2.83.